The Bertz CT molecular complexity index is 2280. The lowest BCUT2D eigenvalue weighted by atomic mass is 10.2. The highest BCUT2D eigenvalue weighted by molar-refractivity contribution is 5.99. The smallest absolute Gasteiger partial charge is 0.282 e. The summed E-state index contributed by atoms with van der Waals surface area (Å²) in [6, 6.07) is 28.7. The molecule has 0 atom stereocenters. The van der Waals surface area contributed by atoms with Crippen LogP contribution in [-0.4, -0.2) is 34.3 Å². The van der Waals surface area contributed by atoms with Crippen molar-refractivity contribution >= 4 is 39.0 Å². The van der Waals surface area contributed by atoms with Crippen LogP contribution in [0.4, 0.5) is 0 Å². The molecule has 0 amide bonds. The summed E-state index contributed by atoms with van der Waals surface area (Å²) in [6.45, 7) is 0.854. The molecule has 9 nitrogen and oxygen atoms in total. The first-order valence-corrected chi connectivity index (χ1v) is 13.8. The lowest BCUT2D eigenvalue weighted by Gasteiger charge is -2.07. The molecule has 0 fully saturated rings. The van der Waals surface area contributed by atoms with Crippen LogP contribution in [0.25, 0.3) is 44.4 Å². The Morgan fingerprint density at radius 2 is 1.74 bits per heavy atom. The van der Waals surface area contributed by atoms with E-state index in [1.165, 1.54) is 4.68 Å². The molecule has 0 aliphatic carbocycles. The lowest BCUT2D eigenvalue weighted by Crippen LogP contribution is -2.20. The second kappa shape index (κ2) is 9.92. The molecule has 210 valence electrons. The van der Waals surface area contributed by atoms with Gasteiger partial charge < -0.3 is 23.2 Å². The first-order valence-electron chi connectivity index (χ1n) is 13.8. The maximum Gasteiger partial charge on any atom is 0.282 e. The Balaban J connectivity index is 1.25. The molecule has 1 aliphatic rings. The van der Waals surface area contributed by atoms with E-state index >= 15 is 0 Å². The number of hydrogen-bond acceptors (Lipinski definition) is 7. The minimum Gasteiger partial charge on any atom is -0.496 e. The zero-order valence-corrected chi connectivity index (χ0v) is 23.1. The standard InChI is InChI=1S/C34H24N4O5/c1-40-28-11-6-12-29-25(28)16-32(43-29)33-36-26-9-4-2-8-24(26)34(39)38(33)35-17-22-19-37(27-10-5-3-7-23(22)27)18-21-13-14-30-31(15-21)42-20-41-30/h2-17,19H,18,20H2,1H3. The zero-order valence-electron chi connectivity index (χ0n) is 23.1. The molecule has 0 unspecified atom stereocenters. The van der Waals surface area contributed by atoms with Gasteiger partial charge in [-0.2, -0.15) is 9.78 Å². The van der Waals surface area contributed by atoms with Gasteiger partial charge in [0.1, 0.15) is 11.3 Å². The topological polar surface area (TPSA) is 93.0 Å². The maximum atomic E-state index is 13.8. The highest BCUT2D eigenvalue weighted by Gasteiger charge is 2.19. The van der Waals surface area contributed by atoms with Gasteiger partial charge in [-0.1, -0.05) is 42.5 Å². The highest BCUT2D eigenvalue weighted by atomic mass is 16.7. The van der Waals surface area contributed by atoms with Gasteiger partial charge in [0.25, 0.3) is 5.56 Å². The molecule has 7 aromatic rings. The monoisotopic (exact) mass is 568 g/mol. The van der Waals surface area contributed by atoms with Gasteiger partial charge in [0.05, 0.1) is 29.6 Å². The number of fused-ring (bicyclic) bond motifs is 4. The predicted molar refractivity (Wildman–Crippen MR) is 164 cm³/mol. The Labute approximate surface area is 244 Å². The van der Waals surface area contributed by atoms with Crippen molar-refractivity contribution in [3.63, 3.8) is 0 Å². The van der Waals surface area contributed by atoms with Gasteiger partial charge >= 0.3 is 0 Å². The van der Waals surface area contributed by atoms with E-state index in [1.807, 2.05) is 79.0 Å². The highest BCUT2D eigenvalue weighted by Crippen LogP contribution is 2.34. The van der Waals surface area contributed by atoms with Crippen molar-refractivity contribution in [2.75, 3.05) is 13.9 Å². The van der Waals surface area contributed by atoms with Crippen LogP contribution in [0.15, 0.2) is 112 Å². The molecular formula is C34H24N4O5. The number of benzene rings is 4. The predicted octanol–water partition coefficient (Wildman–Crippen LogP) is 6.43. The summed E-state index contributed by atoms with van der Waals surface area (Å²) in [4.78, 5) is 18.6. The van der Waals surface area contributed by atoms with Gasteiger partial charge in [-0.15, -0.1) is 0 Å². The van der Waals surface area contributed by atoms with Crippen molar-refractivity contribution in [3.8, 4) is 28.8 Å². The van der Waals surface area contributed by atoms with Crippen molar-refractivity contribution in [2.24, 2.45) is 5.10 Å². The molecule has 4 aromatic carbocycles. The minimum absolute atomic E-state index is 0.235. The normalized spacial score (nSPS) is 12.7. The lowest BCUT2D eigenvalue weighted by molar-refractivity contribution is 0.174. The van der Waals surface area contributed by atoms with Gasteiger partial charge in [-0.05, 0) is 54.1 Å². The fraction of sp³-hybridized carbons (Fsp3) is 0.0882. The second-order valence-electron chi connectivity index (χ2n) is 10.2. The molecule has 9 heteroatoms. The van der Waals surface area contributed by atoms with E-state index in [2.05, 4.69) is 10.6 Å². The van der Waals surface area contributed by atoms with Crippen LogP contribution in [0, 0.1) is 0 Å². The molecule has 8 rings (SSSR count). The Morgan fingerprint density at radius 3 is 2.65 bits per heavy atom. The third-order valence-corrected chi connectivity index (χ3v) is 7.64. The Morgan fingerprint density at radius 1 is 0.907 bits per heavy atom. The van der Waals surface area contributed by atoms with Crippen molar-refractivity contribution in [3.05, 3.63) is 119 Å². The third-order valence-electron chi connectivity index (χ3n) is 7.64. The fourth-order valence-electron chi connectivity index (χ4n) is 5.58. The van der Waals surface area contributed by atoms with Gasteiger partial charge in [-0.25, -0.2) is 4.98 Å². The summed E-state index contributed by atoms with van der Waals surface area (Å²) >= 11 is 0. The Hall–Kier alpha value is -5.83. The van der Waals surface area contributed by atoms with Crippen LogP contribution in [0.1, 0.15) is 11.1 Å². The first-order chi connectivity index (χ1) is 21.2. The molecule has 4 heterocycles. The molecule has 0 radical (unpaired) electrons. The third kappa shape index (κ3) is 4.21. The molecule has 0 N–H and O–H groups in total. The summed E-state index contributed by atoms with van der Waals surface area (Å²) in [6.07, 6.45) is 3.73. The second-order valence-corrected chi connectivity index (χ2v) is 10.2. The molecule has 0 saturated carbocycles. The van der Waals surface area contributed by atoms with E-state index in [0.29, 0.717) is 40.4 Å². The number of rotatable bonds is 6. The average molecular weight is 569 g/mol. The van der Waals surface area contributed by atoms with Crippen LogP contribution in [-0.2, 0) is 6.54 Å². The largest absolute Gasteiger partial charge is 0.496 e. The number of ether oxygens (including phenoxy) is 3. The molecule has 1 aliphatic heterocycles. The summed E-state index contributed by atoms with van der Waals surface area (Å²) in [5, 5.41) is 6.95. The fourth-order valence-corrected chi connectivity index (χ4v) is 5.58. The molecular weight excluding hydrogens is 544 g/mol. The molecule has 43 heavy (non-hydrogen) atoms. The SMILES string of the molecule is COc1cccc2oc(-c3nc4ccccc4c(=O)n3N=Cc3cn(Cc4ccc5c(c4)OCO5)c4ccccc34)cc12. The van der Waals surface area contributed by atoms with Gasteiger partial charge in [0, 0.05) is 29.2 Å². The van der Waals surface area contributed by atoms with Gasteiger partial charge in [0.15, 0.2) is 17.3 Å². The zero-order chi connectivity index (χ0) is 28.9. The van der Waals surface area contributed by atoms with E-state index in [1.54, 1.807) is 25.5 Å². The Kier molecular flexibility index (Phi) is 5.75. The molecule has 3 aromatic heterocycles. The number of aromatic nitrogens is 3. The van der Waals surface area contributed by atoms with E-state index in [9.17, 15) is 4.79 Å². The quantitative estimate of drug-likeness (QED) is 0.215. The average Bonchev–Trinajstić information content (AvgIpc) is 3.78. The van der Waals surface area contributed by atoms with Crippen molar-refractivity contribution in [1.29, 1.82) is 0 Å². The van der Waals surface area contributed by atoms with Crippen molar-refractivity contribution in [2.45, 2.75) is 6.54 Å². The van der Waals surface area contributed by atoms with Gasteiger partial charge in [0.2, 0.25) is 12.6 Å². The van der Waals surface area contributed by atoms with Crippen LogP contribution in [0.3, 0.4) is 0 Å². The number of hydrogen-bond donors (Lipinski definition) is 0. The molecule has 0 bridgehead atoms. The van der Waals surface area contributed by atoms with E-state index in [-0.39, 0.29) is 12.4 Å². The number of para-hydroxylation sites is 2. The first kappa shape index (κ1) is 24.9. The van der Waals surface area contributed by atoms with E-state index in [0.717, 1.165) is 38.9 Å². The van der Waals surface area contributed by atoms with Crippen LogP contribution in [0.5, 0.6) is 17.2 Å². The van der Waals surface area contributed by atoms with Gasteiger partial charge in [-0.3, -0.25) is 4.79 Å². The van der Waals surface area contributed by atoms with Crippen molar-refractivity contribution in [1.82, 2.24) is 14.2 Å². The molecule has 0 saturated heterocycles. The summed E-state index contributed by atoms with van der Waals surface area (Å²) < 4.78 is 26.2. The summed E-state index contributed by atoms with van der Waals surface area (Å²) in [5.41, 5.74) is 3.85. The minimum atomic E-state index is -0.298. The summed E-state index contributed by atoms with van der Waals surface area (Å²) in [5.74, 6) is 2.87. The number of nitrogens with zero attached hydrogens (tertiary/aromatic N) is 4. The number of methoxy groups -OCH3 is 1. The number of furan rings is 1. The van der Waals surface area contributed by atoms with Crippen LogP contribution in [0.2, 0.25) is 0 Å². The van der Waals surface area contributed by atoms with Crippen LogP contribution < -0.4 is 19.8 Å². The van der Waals surface area contributed by atoms with E-state index in [4.69, 9.17) is 28.7 Å². The molecule has 0 spiro atoms. The van der Waals surface area contributed by atoms with E-state index < -0.39 is 0 Å². The maximum absolute atomic E-state index is 13.8. The summed E-state index contributed by atoms with van der Waals surface area (Å²) in [7, 11) is 1.61. The van der Waals surface area contributed by atoms with Crippen LogP contribution >= 0.6 is 0 Å². The van der Waals surface area contributed by atoms with Crippen molar-refractivity contribution < 1.29 is 18.6 Å².